The number of carbonyl (C=O) groups is 1. The van der Waals surface area contributed by atoms with E-state index in [2.05, 4.69) is 15.4 Å². The maximum atomic E-state index is 12.4. The Bertz CT molecular complexity index is 875. The lowest BCUT2D eigenvalue weighted by molar-refractivity contribution is 0.102. The van der Waals surface area contributed by atoms with Crippen LogP contribution < -0.4 is 5.32 Å². The van der Waals surface area contributed by atoms with E-state index < -0.39 is 0 Å². The number of halogens is 2. The number of carbonyl (C=O) groups excluding carboxylic acids is 1. The van der Waals surface area contributed by atoms with Crippen molar-refractivity contribution in [3.8, 4) is 0 Å². The summed E-state index contributed by atoms with van der Waals surface area (Å²) in [6, 6.07) is 10.9. The van der Waals surface area contributed by atoms with Gasteiger partial charge in [-0.25, -0.2) is 4.68 Å². The van der Waals surface area contributed by atoms with Gasteiger partial charge in [0.05, 0.1) is 22.8 Å². The quantitative estimate of drug-likeness (QED) is 0.758. The predicted octanol–water partition coefficient (Wildman–Crippen LogP) is 4.19. The van der Waals surface area contributed by atoms with Crippen LogP contribution in [0.5, 0.6) is 0 Å². The number of aryl methyl sites for hydroxylation is 1. The summed E-state index contributed by atoms with van der Waals surface area (Å²) in [5.74, 6) is 0.292. The van der Waals surface area contributed by atoms with Gasteiger partial charge in [0.1, 0.15) is 5.82 Å². The Morgan fingerprint density at radius 1 is 1.21 bits per heavy atom. The fourth-order valence-electron chi connectivity index (χ4n) is 2.27. The average molecular weight is 361 g/mol. The van der Waals surface area contributed by atoms with Crippen molar-refractivity contribution in [3.05, 3.63) is 75.7 Å². The van der Waals surface area contributed by atoms with Crippen molar-refractivity contribution in [1.29, 1.82) is 0 Å². The minimum absolute atomic E-state index is 0.301. The lowest BCUT2D eigenvalue weighted by Crippen LogP contribution is -2.16. The van der Waals surface area contributed by atoms with Gasteiger partial charge in [0.2, 0.25) is 0 Å². The molecule has 0 aliphatic heterocycles. The van der Waals surface area contributed by atoms with Crippen LogP contribution in [0.4, 0.5) is 5.82 Å². The summed E-state index contributed by atoms with van der Waals surface area (Å²) in [5.41, 5.74) is 2.20. The summed E-state index contributed by atoms with van der Waals surface area (Å²) in [4.78, 5) is 16.3. The van der Waals surface area contributed by atoms with Crippen molar-refractivity contribution in [2.24, 2.45) is 0 Å². The molecule has 0 atom stereocenters. The maximum Gasteiger partial charge on any atom is 0.258 e. The van der Waals surface area contributed by atoms with Crippen LogP contribution in [0.1, 0.15) is 21.6 Å². The van der Waals surface area contributed by atoms with Gasteiger partial charge in [-0.1, -0.05) is 35.3 Å². The molecule has 0 saturated carbocycles. The first kappa shape index (κ1) is 16.5. The number of nitrogens with zero attached hydrogens (tertiary/aromatic N) is 3. The standard InChI is InChI=1S/C17H14Cl2N4O/c1-11-8-16(21-17(24)14-6-7-20-9-15(14)19)23(22-11)10-12-2-4-13(18)5-3-12/h2-9H,10H2,1H3,(H,21,24). The molecule has 7 heteroatoms. The first-order valence-electron chi connectivity index (χ1n) is 7.22. The van der Waals surface area contributed by atoms with Crippen LogP contribution >= 0.6 is 23.2 Å². The molecule has 24 heavy (non-hydrogen) atoms. The summed E-state index contributed by atoms with van der Waals surface area (Å²) in [6.45, 7) is 2.39. The Kier molecular flexibility index (Phi) is 4.83. The monoisotopic (exact) mass is 360 g/mol. The molecule has 1 aromatic carbocycles. The zero-order chi connectivity index (χ0) is 17.1. The van der Waals surface area contributed by atoms with Gasteiger partial charge in [-0.2, -0.15) is 5.10 Å². The molecule has 2 heterocycles. The van der Waals surface area contributed by atoms with Gasteiger partial charge >= 0.3 is 0 Å². The molecule has 0 spiro atoms. The van der Waals surface area contributed by atoms with Crippen molar-refractivity contribution >= 4 is 34.9 Å². The topological polar surface area (TPSA) is 59.8 Å². The molecule has 0 saturated heterocycles. The van der Waals surface area contributed by atoms with Gasteiger partial charge in [-0.3, -0.25) is 9.78 Å². The first-order valence-corrected chi connectivity index (χ1v) is 7.98. The van der Waals surface area contributed by atoms with E-state index in [1.54, 1.807) is 10.7 Å². The second kappa shape index (κ2) is 7.03. The predicted molar refractivity (Wildman–Crippen MR) is 94.7 cm³/mol. The largest absolute Gasteiger partial charge is 0.307 e. The maximum absolute atomic E-state index is 12.4. The lowest BCUT2D eigenvalue weighted by atomic mass is 10.2. The van der Waals surface area contributed by atoms with Crippen molar-refractivity contribution < 1.29 is 4.79 Å². The highest BCUT2D eigenvalue weighted by molar-refractivity contribution is 6.34. The van der Waals surface area contributed by atoms with E-state index in [4.69, 9.17) is 23.2 Å². The van der Waals surface area contributed by atoms with Crippen molar-refractivity contribution in [1.82, 2.24) is 14.8 Å². The molecule has 0 radical (unpaired) electrons. The van der Waals surface area contributed by atoms with Crippen LogP contribution in [0.2, 0.25) is 10.0 Å². The molecule has 122 valence electrons. The van der Waals surface area contributed by atoms with E-state index in [0.29, 0.717) is 28.0 Å². The number of pyridine rings is 1. The van der Waals surface area contributed by atoms with E-state index in [1.165, 1.54) is 12.4 Å². The van der Waals surface area contributed by atoms with E-state index in [0.717, 1.165) is 11.3 Å². The number of nitrogens with one attached hydrogen (secondary N) is 1. The number of hydrogen-bond donors (Lipinski definition) is 1. The molecule has 1 amide bonds. The second-order valence-corrected chi connectivity index (χ2v) is 6.11. The Hall–Kier alpha value is -2.37. The van der Waals surface area contributed by atoms with Gasteiger partial charge in [0.15, 0.2) is 0 Å². The van der Waals surface area contributed by atoms with E-state index >= 15 is 0 Å². The summed E-state index contributed by atoms with van der Waals surface area (Å²) < 4.78 is 1.73. The smallest absolute Gasteiger partial charge is 0.258 e. The first-order chi connectivity index (χ1) is 11.5. The minimum Gasteiger partial charge on any atom is -0.307 e. The Morgan fingerprint density at radius 3 is 2.67 bits per heavy atom. The summed E-state index contributed by atoms with van der Waals surface area (Å²) >= 11 is 11.9. The zero-order valence-electron chi connectivity index (χ0n) is 12.8. The minimum atomic E-state index is -0.306. The molecule has 0 aliphatic carbocycles. The Labute approximate surface area is 149 Å². The van der Waals surface area contributed by atoms with E-state index in [9.17, 15) is 4.79 Å². The number of hydrogen-bond acceptors (Lipinski definition) is 3. The van der Waals surface area contributed by atoms with E-state index in [-0.39, 0.29) is 5.91 Å². The Balaban J connectivity index is 1.83. The van der Waals surface area contributed by atoms with Crippen LogP contribution in [0.25, 0.3) is 0 Å². The van der Waals surface area contributed by atoms with E-state index in [1.807, 2.05) is 37.3 Å². The molecule has 5 nitrogen and oxygen atoms in total. The number of rotatable bonds is 4. The SMILES string of the molecule is Cc1cc(NC(=O)c2ccncc2Cl)n(Cc2ccc(Cl)cc2)n1. The molecule has 3 aromatic rings. The molecule has 2 aromatic heterocycles. The van der Waals surface area contributed by atoms with Gasteiger partial charge < -0.3 is 5.32 Å². The third-order valence-electron chi connectivity index (χ3n) is 3.41. The fourth-order valence-corrected chi connectivity index (χ4v) is 2.60. The highest BCUT2D eigenvalue weighted by Gasteiger charge is 2.14. The number of aromatic nitrogens is 3. The van der Waals surface area contributed by atoms with Crippen LogP contribution in [0, 0.1) is 6.92 Å². The molecular formula is C17H14Cl2N4O. The normalized spacial score (nSPS) is 10.6. The van der Waals surface area contributed by atoms with Gasteiger partial charge in [-0.05, 0) is 30.7 Å². The fraction of sp³-hybridized carbons (Fsp3) is 0.118. The molecule has 0 bridgehead atoms. The summed E-state index contributed by atoms with van der Waals surface area (Å²) in [7, 11) is 0. The van der Waals surface area contributed by atoms with Crippen LogP contribution in [-0.4, -0.2) is 20.7 Å². The highest BCUT2D eigenvalue weighted by Crippen LogP contribution is 2.18. The molecular weight excluding hydrogens is 347 g/mol. The Morgan fingerprint density at radius 2 is 1.96 bits per heavy atom. The summed E-state index contributed by atoms with van der Waals surface area (Å²) in [5, 5.41) is 8.24. The average Bonchev–Trinajstić information content (AvgIpc) is 2.89. The second-order valence-electron chi connectivity index (χ2n) is 5.26. The molecule has 0 unspecified atom stereocenters. The molecule has 0 aliphatic rings. The number of amides is 1. The molecule has 3 rings (SSSR count). The van der Waals surface area contributed by atoms with Crippen LogP contribution in [0.3, 0.4) is 0 Å². The van der Waals surface area contributed by atoms with Gasteiger partial charge in [-0.15, -0.1) is 0 Å². The van der Waals surface area contributed by atoms with Crippen LogP contribution in [0.15, 0.2) is 48.8 Å². The van der Waals surface area contributed by atoms with Crippen LogP contribution in [-0.2, 0) is 6.54 Å². The number of benzene rings is 1. The van der Waals surface area contributed by atoms with Crippen molar-refractivity contribution in [2.45, 2.75) is 13.5 Å². The van der Waals surface area contributed by atoms with Crippen molar-refractivity contribution in [3.63, 3.8) is 0 Å². The highest BCUT2D eigenvalue weighted by atomic mass is 35.5. The molecule has 1 N–H and O–H groups in total. The van der Waals surface area contributed by atoms with Crippen molar-refractivity contribution in [2.75, 3.05) is 5.32 Å². The lowest BCUT2D eigenvalue weighted by Gasteiger charge is -2.10. The summed E-state index contributed by atoms with van der Waals surface area (Å²) in [6.07, 6.45) is 2.96. The van der Waals surface area contributed by atoms with Gasteiger partial charge in [0.25, 0.3) is 5.91 Å². The third kappa shape index (κ3) is 3.75. The number of anilines is 1. The third-order valence-corrected chi connectivity index (χ3v) is 3.96. The van der Waals surface area contributed by atoms with Gasteiger partial charge in [0, 0.05) is 23.5 Å². The molecule has 0 fully saturated rings. The zero-order valence-corrected chi connectivity index (χ0v) is 14.3.